The summed E-state index contributed by atoms with van der Waals surface area (Å²) in [6.45, 7) is 0. The number of nitrogen functional groups attached to an aromatic ring is 1. The van der Waals surface area contributed by atoms with E-state index in [0.29, 0.717) is 11.4 Å². The second-order valence-electron chi connectivity index (χ2n) is 6.09. The van der Waals surface area contributed by atoms with E-state index in [2.05, 4.69) is 32.5 Å². The lowest BCUT2D eigenvalue weighted by Gasteiger charge is -2.13. The number of fused-ring (bicyclic) bond motifs is 1. The van der Waals surface area contributed by atoms with Crippen molar-refractivity contribution in [2.75, 3.05) is 5.73 Å². The van der Waals surface area contributed by atoms with E-state index in [1.54, 1.807) is 6.20 Å². The largest absolute Gasteiger partial charge is 0.397 e. The highest BCUT2D eigenvalue weighted by atomic mass is 32.1. The van der Waals surface area contributed by atoms with Crippen molar-refractivity contribution in [3.8, 4) is 11.1 Å². The molecule has 0 fully saturated rings. The van der Waals surface area contributed by atoms with Gasteiger partial charge < -0.3 is 5.73 Å². The van der Waals surface area contributed by atoms with Crippen LogP contribution in [0.2, 0.25) is 0 Å². The average molecular weight is 356 g/mol. The van der Waals surface area contributed by atoms with Gasteiger partial charge in [0, 0.05) is 47.5 Å². The van der Waals surface area contributed by atoms with Crippen LogP contribution in [-0.4, -0.2) is 9.97 Å². The second kappa shape index (κ2) is 6.98. The van der Waals surface area contributed by atoms with Gasteiger partial charge in [-0.2, -0.15) is 4.36 Å². The quantitative estimate of drug-likeness (QED) is 0.532. The zero-order chi connectivity index (χ0) is 17.9. The summed E-state index contributed by atoms with van der Waals surface area (Å²) in [5.41, 5.74) is 12.5. The highest BCUT2D eigenvalue weighted by molar-refractivity contribution is 7.47. The minimum absolute atomic E-state index is 0.570. The van der Waals surface area contributed by atoms with Crippen molar-refractivity contribution >= 4 is 34.7 Å². The van der Waals surface area contributed by atoms with Crippen molar-refractivity contribution < 1.29 is 0 Å². The molecule has 4 rings (SSSR count). The van der Waals surface area contributed by atoms with Crippen LogP contribution in [0.25, 0.3) is 22.0 Å². The number of anilines is 1. The minimum Gasteiger partial charge on any atom is -0.397 e. The highest BCUT2D eigenvalue weighted by Crippen LogP contribution is 2.38. The summed E-state index contributed by atoms with van der Waals surface area (Å²) in [6.07, 6.45) is 6.23. The number of hydrogen-bond acceptors (Lipinski definition) is 5. The number of pyridine rings is 2. The maximum atomic E-state index is 6.09. The van der Waals surface area contributed by atoms with Crippen molar-refractivity contribution in [2.24, 2.45) is 4.36 Å². The third-order valence-corrected chi connectivity index (χ3v) is 4.55. The Morgan fingerprint density at radius 1 is 0.885 bits per heavy atom. The van der Waals surface area contributed by atoms with Crippen molar-refractivity contribution in [1.82, 2.24) is 9.97 Å². The minimum atomic E-state index is 0.570. The zero-order valence-electron chi connectivity index (χ0n) is 14.0. The number of hydrogen-bond donors (Lipinski definition) is 1. The van der Waals surface area contributed by atoms with Crippen molar-refractivity contribution in [3.05, 3.63) is 84.3 Å². The lowest BCUT2D eigenvalue weighted by atomic mass is 9.95. The van der Waals surface area contributed by atoms with Crippen LogP contribution in [0.3, 0.4) is 0 Å². The van der Waals surface area contributed by atoms with E-state index in [1.807, 2.05) is 48.8 Å². The molecule has 4 nitrogen and oxygen atoms in total. The highest BCUT2D eigenvalue weighted by Gasteiger charge is 2.13. The standard InChI is InChI=1S/C21H16N4S/c22-19-5-1-4-17(21(19)25-26)18-13-15(11-14-6-9-23-10-7-14)12-16-3-2-8-24-20(16)18/h1-10,12-13H,11,22H2. The lowest BCUT2D eigenvalue weighted by Crippen LogP contribution is -1.94. The molecule has 0 bridgehead atoms. The van der Waals surface area contributed by atoms with Gasteiger partial charge >= 0.3 is 0 Å². The van der Waals surface area contributed by atoms with E-state index < -0.39 is 0 Å². The van der Waals surface area contributed by atoms with Crippen LogP contribution in [0.1, 0.15) is 11.1 Å². The number of nitrogens with two attached hydrogens (primary N) is 1. The van der Waals surface area contributed by atoms with Gasteiger partial charge in [-0.05, 0) is 53.9 Å². The molecule has 0 saturated heterocycles. The molecule has 0 radical (unpaired) electrons. The zero-order valence-corrected chi connectivity index (χ0v) is 14.8. The van der Waals surface area contributed by atoms with Gasteiger partial charge in [0.2, 0.25) is 0 Å². The molecule has 2 N–H and O–H groups in total. The van der Waals surface area contributed by atoms with Crippen molar-refractivity contribution in [2.45, 2.75) is 6.42 Å². The number of aromatic nitrogens is 2. The first kappa shape index (κ1) is 16.3. The molecule has 126 valence electrons. The molecule has 0 amide bonds. The SMILES string of the molecule is Nc1cccc(-c2cc(Cc3ccncc3)cc3cccnc23)c1N=S. The molecule has 0 aliphatic heterocycles. The maximum absolute atomic E-state index is 6.09. The van der Waals surface area contributed by atoms with Gasteiger partial charge in [0.05, 0.1) is 11.2 Å². The lowest BCUT2D eigenvalue weighted by molar-refractivity contribution is 1.17. The Bertz CT molecular complexity index is 1090. The third-order valence-electron chi connectivity index (χ3n) is 4.37. The smallest absolute Gasteiger partial charge is 0.108 e. The molecular weight excluding hydrogens is 340 g/mol. The third kappa shape index (κ3) is 3.05. The monoisotopic (exact) mass is 356 g/mol. The fraction of sp³-hybridized carbons (Fsp3) is 0.0476. The molecule has 0 atom stereocenters. The van der Waals surface area contributed by atoms with E-state index in [9.17, 15) is 0 Å². The van der Waals surface area contributed by atoms with Crippen LogP contribution < -0.4 is 5.73 Å². The van der Waals surface area contributed by atoms with E-state index in [1.165, 1.54) is 11.1 Å². The molecule has 5 heteroatoms. The fourth-order valence-electron chi connectivity index (χ4n) is 3.18. The predicted molar refractivity (Wildman–Crippen MR) is 108 cm³/mol. The molecule has 2 aromatic heterocycles. The molecule has 0 saturated carbocycles. The fourth-order valence-corrected chi connectivity index (χ4v) is 3.38. The molecule has 0 aliphatic carbocycles. The Morgan fingerprint density at radius 3 is 2.54 bits per heavy atom. The van der Waals surface area contributed by atoms with E-state index in [4.69, 9.17) is 18.2 Å². The number of benzene rings is 2. The average Bonchev–Trinajstić information content (AvgIpc) is 2.68. The Labute approximate surface area is 156 Å². The molecular formula is C21H16N4S. The van der Waals surface area contributed by atoms with Crippen LogP contribution in [0.5, 0.6) is 0 Å². The molecule has 2 aromatic carbocycles. The summed E-state index contributed by atoms with van der Waals surface area (Å²) in [5, 5.41) is 1.08. The Kier molecular flexibility index (Phi) is 4.37. The van der Waals surface area contributed by atoms with Crippen LogP contribution in [0, 0.1) is 0 Å². The van der Waals surface area contributed by atoms with Crippen molar-refractivity contribution in [3.63, 3.8) is 0 Å². The van der Waals surface area contributed by atoms with Crippen LogP contribution in [0.4, 0.5) is 11.4 Å². The van der Waals surface area contributed by atoms with Gasteiger partial charge in [0.1, 0.15) is 5.69 Å². The van der Waals surface area contributed by atoms with Gasteiger partial charge in [0.25, 0.3) is 0 Å². The summed E-state index contributed by atoms with van der Waals surface area (Å²) in [7, 11) is 0. The van der Waals surface area contributed by atoms with Gasteiger partial charge in [-0.25, -0.2) is 0 Å². The normalized spacial score (nSPS) is 10.8. The van der Waals surface area contributed by atoms with Gasteiger partial charge in [0.15, 0.2) is 0 Å². The summed E-state index contributed by atoms with van der Waals surface area (Å²) in [5.74, 6) is 0. The predicted octanol–water partition coefficient (Wildman–Crippen LogP) is 4.83. The molecule has 0 spiro atoms. The molecule has 2 heterocycles. The van der Waals surface area contributed by atoms with Gasteiger partial charge in [-0.3, -0.25) is 9.97 Å². The Balaban J connectivity index is 1.94. The van der Waals surface area contributed by atoms with E-state index >= 15 is 0 Å². The number of nitrogens with zero attached hydrogens (tertiary/aromatic N) is 3. The molecule has 26 heavy (non-hydrogen) atoms. The van der Waals surface area contributed by atoms with Crippen LogP contribution >= 0.6 is 0 Å². The first-order valence-electron chi connectivity index (χ1n) is 8.25. The Hall–Kier alpha value is -3.18. The first-order valence-corrected chi connectivity index (χ1v) is 8.61. The summed E-state index contributed by atoms with van der Waals surface area (Å²) >= 11 is 4.97. The molecule has 0 unspecified atom stereocenters. The van der Waals surface area contributed by atoms with Gasteiger partial charge in [-0.15, -0.1) is 0 Å². The first-order chi connectivity index (χ1) is 12.8. The molecule has 0 aliphatic rings. The van der Waals surface area contributed by atoms with E-state index in [-0.39, 0.29) is 0 Å². The van der Waals surface area contributed by atoms with Crippen LogP contribution in [-0.2, 0) is 18.8 Å². The topological polar surface area (TPSA) is 64.2 Å². The van der Waals surface area contributed by atoms with Gasteiger partial charge in [-0.1, -0.05) is 18.2 Å². The van der Waals surface area contributed by atoms with Crippen molar-refractivity contribution in [1.29, 1.82) is 0 Å². The summed E-state index contributed by atoms with van der Waals surface area (Å²) in [4.78, 5) is 8.67. The molecule has 4 aromatic rings. The van der Waals surface area contributed by atoms with Crippen LogP contribution in [0.15, 0.2) is 77.6 Å². The summed E-state index contributed by atoms with van der Waals surface area (Å²) < 4.78 is 3.99. The Morgan fingerprint density at radius 2 is 1.73 bits per heavy atom. The summed E-state index contributed by atoms with van der Waals surface area (Å²) in [6, 6.07) is 18.1. The maximum Gasteiger partial charge on any atom is 0.108 e. The number of rotatable bonds is 4. The van der Waals surface area contributed by atoms with E-state index in [0.717, 1.165) is 28.5 Å². The second-order valence-corrected chi connectivity index (χ2v) is 6.27.